The Hall–Kier alpha value is -0.330. The Morgan fingerprint density at radius 2 is 1.41 bits per heavy atom. The molecule has 1 rings (SSSR count). The average Bonchev–Trinajstić information content (AvgIpc) is 2.24. The van der Waals surface area contributed by atoms with E-state index in [1.54, 1.807) is 0 Å². The topological polar surface area (TPSA) is 3.01 Å². The third kappa shape index (κ3) is 6.85. The van der Waals surface area contributed by atoms with Gasteiger partial charge < -0.3 is 0 Å². The third-order valence-corrected chi connectivity index (χ3v) is 4.14. The Kier molecular flexibility index (Phi) is 8.38. The van der Waals surface area contributed by atoms with Crippen molar-refractivity contribution < 1.29 is 4.58 Å². The lowest BCUT2D eigenvalue weighted by atomic mass is 9.92. The van der Waals surface area contributed by atoms with E-state index in [1.165, 1.54) is 83.6 Å². The highest BCUT2D eigenvalue weighted by Crippen LogP contribution is 2.21. The van der Waals surface area contributed by atoms with E-state index in [2.05, 4.69) is 18.2 Å². The van der Waals surface area contributed by atoms with Gasteiger partial charge in [-0.1, -0.05) is 51.9 Å². The van der Waals surface area contributed by atoms with Crippen molar-refractivity contribution in [3.63, 3.8) is 0 Å². The van der Waals surface area contributed by atoms with Gasteiger partial charge in [0.05, 0.1) is 0 Å². The minimum atomic E-state index is 0.823. The molecular weight excluding hydrogens is 206 g/mol. The van der Waals surface area contributed by atoms with Crippen molar-refractivity contribution in [2.75, 3.05) is 6.54 Å². The molecule has 1 nitrogen and oxygen atoms in total. The molecule has 100 valence electrons. The first kappa shape index (κ1) is 14.7. The number of hydrogen-bond acceptors (Lipinski definition) is 0. The molecule has 1 aliphatic carbocycles. The van der Waals surface area contributed by atoms with Crippen molar-refractivity contribution in [2.24, 2.45) is 0 Å². The van der Waals surface area contributed by atoms with Crippen LogP contribution in [0.25, 0.3) is 0 Å². The highest BCUT2D eigenvalue weighted by atomic mass is 15.0. The molecular formula is C16H32N+. The maximum atomic E-state index is 4.16. The molecule has 0 aromatic rings. The van der Waals surface area contributed by atoms with Gasteiger partial charge in [-0.25, -0.2) is 4.58 Å². The quantitative estimate of drug-likeness (QED) is 0.277. The van der Waals surface area contributed by atoms with Gasteiger partial charge in [0, 0.05) is 19.3 Å². The van der Waals surface area contributed by atoms with Crippen LogP contribution in [0.1, 0.15) is 84.0 Å². The summed E-state index contributed by atoms with van der Waals surface area (Å²) in [6.07, 6.45) is 17.0. The Morgan fingerprint density at radius 3 is 1.88 bits per heavy atom. The van der Waals surface area contributed by atoms with Crippen LogP contribution in [0.15, 0.2) is 0 Å². The van der Waals surface area contributed by atoms with E-state index in [4.69, 9.17) is 0 Å². The SMILES string of the molecule is C=[N+](CCCCCCCCCCC)C1CCC1. The van der Waals surface area contributed by atoms with E-state index in [9.17, 15) is 0 Å². The van der Waals surface area contributed by atoms with Crippen molar-refractivity contribution in [3.05, 3.63) is 0 Å². The number of unbranched alkanes of at least 4 members (excludes halogenated alkanes) is 8. The lowest BCUT2D eigenvalue weighted by Crippen LogP contribution is -2.32. The molecule has 0 unspecified atom stereocenters. The van der Waals surface area contributed by atoms with Crippen LogP contribution in [-0.2, 0) is 0 Å². The van der Waals surface area contributed by atoms with Crippen molar-refractivity contribution in [3.8, 4) is 0 Å². The molecule has 1 aliphatic rings. The monoisotopic (exact) mass is 238 g/mol. The molecule has 0 radical (unpaired) electrons. The fourth-order valence-electron chi connectivity index (χ4n) is 2.56. The maximum Gasteiger partial charge on any atom is 0.152 e. The van der Waals surface area contributed by atoms with E-state index in [0.717, 1.165) is 6.04 Å². The number of hydrogen-bond donors (Lipinski definition) is 0. The predicted molar refractivity (Wildman–Crippen MR) is 77.1 cm³/mol. The first-order chi connectivity index (χ1) is 8.34. The minimum Gasteiger partial charge on any atom is -0.240 e. The molecule has 0 aromatic heterocycles. The van der Waals surface area contributed by atoms with Crippen LogP contribution in [0.5, 0.6) is 0 Å². The molecule has 0 heterocycles. The highest BCUT2D eigenvalue weighted by molar-refractivity contribution is 5.15. The molecule has 0 bridgehead atoms. The Bertz CT molecular complexity index is 194. The molecule has 0 atom stereocenters. The van der Waals surface area contributed by atoms with Crippen molar-refractivity contribution in [1.82, 2.24) is 0 Å². The zero-order chi connectivity index (χ0) is 12.3. The normalized spacial score (nSPS) is 15.8. The number of nitrogens with zero attached hydrogens (tertiary/aromatic N) is 1. The van der Waals surface area contributed by atoms with Crippen LogP contribution < -0.4 is 0 Å². The zero-order valence-corrected chi connectivity index (χ0v) is 11.9. The van der Waals surface area contributed by atoms with Gasteiger partial charge in [0.1, 0.15) is 13.3 Å². The molecule has 0 spiro atoms. The van der Waals surface area contributed by atoms with Crippen LogP contribution >= 0.6 is 0 Å². The van der Waals surface area contributed by atoms with Gasteiger partial charge in [-0.3, -0.25) is 0 Å². The molecule has 1 fully saturated rings. The summed E-state index contributed by atoms with van der Waals surface area (Å²) in [5, 5.41) is 0. The molecule has 0 aromatic carbocycles. The van der Waals surface area contributed by atoms with Gasteiger partial charge in [0.15, 0.2) is 6.04 Å². The largest absolute Gasteiger partial charge is 0.240 e. The van der Waals surface area contributed by atoms with E-state index < -0.39 is 0 Å². The molecule has 1 saturated carbocycles. The van der Waals surface area contributed by atoms with Gasteiger partial charge >= 0.3 is 0 Å². The van der Waals surface area contributed by atoms with Crippen molar-refractivity contribution >= 4 is 6.72 Å². The summed E-state index contributed by atoms with van der Waals surface area (Å²) >= 11 is 0. The van der Waals surface area contributed by atoms with Crippen LogP contribution in [0.3, 0.4) is 0 Å². The van der Waals surface area contributed by atoms with Gasteiger partial charge in [-0.15, -0.1) is 0 Å². The van der Waals surface area contributed by atoms with E-state index in [-0.39, 0.29) is 0 Å². The van der Waals surface area contributed by atoms with Gasteiger partial charge in [0.25, 0.3) is 0 Å². The lowest BCUT2D eigenvalue weighted by Gasteiger charge is -2.22. The summed E-state index contributed by atoms with van der Waals surface area (Å²) in [5.74, 6) is 0. The van der Waals surface area contributed by atoms with E-state index >= 15 is 0 Å². The fraction of sp³-hybridized carbons (Fsp3) is 0.938. The fourth-order valence-corrected chi connectivity index (χ4v) is 2.56. The predicted octanol–water partition coefficient (Wildman–Crippen LogP) is 4.78. The standard InChI is InChI=1S/C16H32N/c1-3-4-5-6-7-8-9-10-11-15-17(2)16-13-12-14-16/h16H,2-15H2,1H3/q+1. The van der Waals surface area contributed by atoms with Gasteiger partial charge in [0.2, 0.25) is 0 Å². The average molecular weight is 238 g/mol. The summed E-state index contributed by atoms with van der Waals surface area (Å²) in [6.45, 7) is 7.67. The van der Waals surface area contributed by atoms with Crippen LogP contribution in [0.4, 0.5) is 0 Å². The van der Waals surface area contributed by atoms with E-state index in [1.807, 2.05) is 0 Å². The van der Waals surface area contributed by atoms with Crippen LogP contribution in [-0.4, -0.2) is 23.9 Å². The van der Waals surface area contributed by atoms with E-state index in [0.29, 0.717) is 0 Å². The molecule has 0 amide bonds. The van der Waals surface area contributed by atoms with Crippen LogP contribution in [0.2, 0.25) is 0 Å². The number of rotatable bonds is 11. The molecule has 1 heteroatoms. The smallest absolute Gasteiger partial charge is 0.152 e. The third-order valence-electron chi connectivity index (χ3n) is 4.14. The summed E-state index contributed by atoms with van der Waals surface area (Å²) in [4.78, 5) is 0. The summed E-state index contributed by atoms with van der Waals surface area (Å²) in [5.41, 5.74) is 0. The second kappa shape index (κ2) is 9.67. The Balaban J connectivity index is 1.76. The van der Waals surface area contributed by atoms with Gasteiger partial charge in [-0.05, 0) is 12.8 Å². The second-order valence-corrected chi connectivity index (χ2v) is 5.73. The molecule has 0 aliphatic heterocycles. The summed E-state index contributed by atoms with van der Waals surface area (Å²) in [7, 11) is 0. The molecule has 0 N–H and O–H groups in total. The first-order valence-corrected chi connectivity index (χ1v) is 7.91. The molecule has 0 saturated heterocycles. The molecule has 17 heavy (non-hydrogen) atoms. The van der Waals surface area contributed by atoms with Gasteiger partial charge in [-0.2, -0.15) is 0 Å². The lowest BCUT2D eigenvalue weighted by molar-refractivity contribution is -0.571. The highest BCUT2D eigenvalue weighted by Gasteiger charge is 2.25. The Labute approximate surface area is 108 Å². The van der Waals surface area contributed by atoms with Crippen molar-refractivity contribution in [2.45, 2.75) is 90.0 Å². The summed E-state index contributed by atoms with van der Waals surface area (Å²) in [6, 6.07) is 0.823. The summed E-state index contributed by atoms with van der Waals surface area (Å²) < 4.78 is 2.34. The van der Waals surface area contributed by atoms with Crippen molar-refractivity contribution in [1.29, 1.82) is 0 Å². The zero-order valence-electron chi connectivity index (χ0n) is 11.9. The Morgan fingerprint density at radius 1 is 0.882 bits per heavy atom. The minimum absolute atomic E-state index is 0.823. The first-order valence-electron chi connectivity index (χ1n) is 7.91. The second-order valence-electron chi connectivity index (χ2n) is 5.73. The van der Waals surface area contributed by atoms with Crippen LogP contribution in [0, 0.1) is 0 Å². The maximum absolute atomic E-state index is 4.16.